The van der Waals surface area contributed by atoms with Gasteiger partial charge in [0, 0.05) is 17.7 Å². The summed E-state index contributed by atoms with van der Waals surface area (Å²) in [5.41, 5.74) is 0. The quantitative estimate of drug-likeness (QED) is 0.492. The second-order valence-corrected chi connectivity index (χ2v) is 2.67. The van der Waals surface area contributed by atoms with Gasteiger partial charge < -0.3 is 0 Å². The first-order valence-electron chi connectivity index (χ1n) is 2.92. The molecule has 44 valence electrons. The Kier molecular flexibility index (Phi) is 0.796. The highest BCUT2D eigenvalue weighted by atomic mass is 35.5. The zero-order valence-electron chi connectivity index (χ0n) is 4.47. The van der Waals surface area contributed by atoms with E-state index in [0.29, 0.717) is 5.92 Å². The fourth-order valence-corrected chi connectivity index (χ4v) is 1.18. The second-order valence-electron chi connectivity index (χ2n) is 2.35. The van der Waals surface area contributed by atoms with Gasteiger partial charge in [-0.05, 0) is 12.8 Å². The average molecular weight is 131 g/mol. The lowest BCUT2D eigenvalue weighted by Gasteiger charge is -2.19. The zero-order valence-corrected chi connectivity index (χ0v) is 5.23. The maximum atomic E-state index is 5.49. The van der Waals surface area contributed by atoms with Crippen LogP contribution in [0.25, 0.3) is 0 Å². The van der Waals surface area contributed by atoms with Crippen LogP contribution in [0, 0.1) is 5.92 Å². The van der Waals surface area contributed by atoms with Crippen LogP contribution in [-0.4, -0.2) is 10.4 Å². The van der Waals surface area contributed by atoms with Crippen LogP contribution in [-0.2, 0) is 0 Å². The van der Waals surface area contributed by atoms with Crippen LogP contribution < -0.4 is 0 Å². The van der Waals surface area contributed by atoms with Crippen molar-refractivity contribution in [1.29, 1.82) is 0 Å². The fourth-order valence-electron chi connectivity index (χ4n) is 0.966. The number of hydrazone groups is 1. The molecule has 2 nitrogen and oxygen atoms in total. The Hall–Kier alpha value is -0.240. The number of nitrogens with zero attached hydrogens (tertiary/aromatic N) is 2. The van der Waals surface area contributed by atoms with Gasteiger partial charge in [0.25, 0.3) is 0 Å². The van der Waals surface area contributed by atoms with Crippen LogP contribution >= 0.6 is 11.8 Å². The first-order chi connectivity index (χ1) is 3.88. The topological polar surface area (TPSA) is 15.4 Å². The molecule has 0 atom stereocenters. The predicted molar refractivity (Wildman–Crippen MR) is 32.5 cm³/mol. The van der Waals surface area contributed by atoms with Gasteiger partial charge in [-0.1, -0.05) is 6.42 Å². The van der Waals surface area contributed by atoms with E-state index in [2.05, 4.69) is 5.10 Å². The predicted octanol–water partition coefficient (Wildman–Crippen LogP) is 1.57. The highest BCUT2D eigenvalue weighted by Gasteiger charge is 2.34. The van der Waals surface area contributed by atoms with E-state index in [1.165, 1.54) is 23.8 Å². The summed E-state index contributed by atoms with van der Waals surface area (Å²) in [6.45, 7) is 0. The van der Waals surface area contributed by atoms with E-state index < -0.39 is 0 Å². The molecule has 0 spiro atoms. The van der Waals surface area contributed by atoms with E-state index in [1.807, 2.05) is 0 Å². The minimum Gasteiger partial charge on any atom is -0.154 e. The van der Waals surface area contributed by atoms with Crippen LogP contribution in [0.5, 0.6) is 0 Å². The van der Waals surface area contributed by atoms with Crippen molar-refractivity contribution in [2.24, 2.45) is 11.0 Å². The maximum Gasteiger partial charge on any atom is 0.168 e. The molecule has 3 heteroatoms. The largest absolute Gasteiger partial charge is 0.168 e. The van der Waals surface area contributed by atoms with E-state index >= 15 is 0 Å². The molecule has 0 aromatic heterocycles. The highest BCUT2D eigenvalue weighted by molar-refractivity contribution is 6.26. The lowest BCUT2D eigenvalue weighted by molar-refractivity contribution is 0.411. The standard InChI is InChI=1S/C5H7ClN2/c6-8-5(7-8)4-2-1-3-4/h4H,1-3H2. The number of hydrogen-bond acceptors (Lipinski definition) is 2. The maximum absolute atomic E-state index is 5.49. The molecule has 0 aromatic rings. The summed E-state index contributed by atoms with van der Waals surface area (Å²) >= 11 is 5.49. The van der Waals surface area contributed by atoms with Crippen LogP contribution in [0.15, 0.2) is 5.10 Å². The summed E-state index contributed by atoms with van der Waals surface area (Å²) in [4.78, 5) is 0. The van der Waals surface area contributed by atoms with E-state index in [1.54, 1.807) is 0 Å². The Labute approximate surface area is 53.2 Å². The normalized spacial score (nSPS) is 27.1. The van der Waals surface area contributed by atoms with Gasteiger partial charge in [0.05, 0.1) is 0 Å². The lowest BCUT2D eigenvalue weighted by Crippen LogP contribution is -2.18. The first-order valence-corrected chi connectivity index (χ1v) is 3.26. The molecule has 0 bridgehead atoms. The summed E-state index contributed by atoms with van der Waals surface area (Å²) in [7, 11) is 0. The summed E-state index contributed by atoms with van der Waals surface area (Å²) in [5, 5.41) is 3.89. The van der Waals surface area contributed by atoms with Gasteiger partial charge in [-0.2, -0.15) is 4.53 Å². The van der Waals surface area contributed by atoms with Gasteiger partial charge >= 0.3 is 0 Å². The molecule has 1 heterocycles. The molecule has 1 aliphatic carbocycles. The minimum atomic E-state index is 0.715. The number of halogens is 1. The molecule has 0 saturated heterocycles. The lowest BCUT2D eigenvalue weighted by atomic mass is 9.85. The molecule has 2 aliphatic rings. The third-order valence-corrected chi connectivity index (χ3v) is 2.06. The fraction of sp³-hybridized carbons (Fsp3) is 0.800. The molecule has 0 amide bonds. The molecule has 0 aromatic carbocycles. The van der Waals surface area contributed by atoms with Crippen LogP contribution in [0.1, 0.15) is 19.3 Å². The van der Waals surface area contributed by atoms with Gasteiger partial charge in [-0.25, -0.2) is 0 Å². The Morgan fingerprint density at radius 1 is 1.62 bits per heavy atom. The molecule has 0 unspecified atom stereocenters. The number of hydrogen-bond donors (Lipinski definition) is 0. The first kappa shape index (κ1) is 4.62. The molecule has 8 heavy (non-hydrogen) atoms. The van der Waals surface area contributed by atoms with Crippen molar-refractivity contribution in [1.82, 2.24) is 4.53 Å². The number of rotatable bonds is 1. The average Bonchev–Trinajstić information content (AvgIpc) is 2.13. The molecular formula is C5H7ClN2. The molecule has 1 aliphatic heterocycles. The molecule has 0 radical (unpaired) electrons. The second kappa shape index (κ2) is 1.38. The van der Waals surface area contributed by atoms with Crippen molar-refractivity contribution in [2.45, 2.75) is 19.3 Å². The van der Waals surface area contributed by atoms with Crippen molar-refractivity contribution in [3.05, 3.63) is 0 Å². The molecule has 1 fully saturated rings. The Balaban J connectivity index is 1.90. The Bertz CT molecular complexity index is 139. The van der Waals surface area contributed by atoms with E-state index in [4.69, 9.17) is 11.8 Å². The van der Waals surface area contributed by atoms with Crippen molar-refractivity contribution in [2.75, 3.05) is 0 Å². The molecule has 1 saturated carbocycles. The number of amidine groups is 1. The summed E-state index contributed by atoms with van der Waals surface area (Å²) in [6, 6.07) is 0. The van der Waals surface area contributed by atoms with Crippen LogP contribution in [0.2, 0.25) is 0 Å². The summed E-state index contributed by atoms with van der Waals surface area (Å²) in [6.07, 6.45) is 3.94. The van der Waals surface area contributed by atoms with E-state index in [9.17, 15) is 0 Å². The third-order valence-electron chi connectivity index (χ3n) is 1.81. The SMILES string of the molecule is ClN1N=C1C1CCC1. The Morgan fingerprint density at radius 3 is 2.38 bits per heavy atom. The van der Waals surface area contributed by atoms with Crippen LogP contribution in [0.4, 0.5) is 0 Å². The third kappa shape index (κ3) is 0.525. The van der Waals surface area contributed by atoms with Crippen molar-refractivity contribution in [3.63, 3.8) is 0 Å². The van der Waals surface area contributed by atoms with E-state index in [0.717, 1.165) is 5.84 Å². The van der Waals surface area contributed by atoms with Gasteiger partial charge in [-0.15, -0.1) is 5.10 Å². The van der Waals surface area contributed by atoms with Crippen molar-refractivity contribution in [3.8, 4) is 0 Å². The smallest absolute Gasteiger partial charge is 0.154 e. The van der Waals surface area contributed by atoms with Gasteiger partial charge in [0.1, 0.15) is 0 Å². The van der Waals surface area contributed by atoms with Crippen LogP contribution in [0.3, 0.4) is 0 Å². The summed E-state index contributed by atoms with van der Waals surface area (Å²) < 4.78 is 1.46. The highest BCUT2D eigenvalue weighted by Crippen LogP contribution is 2.34. The molecule has 0 N–H and O–H groups in total. The minimum absolute atomic E-state index is 0.715. The van der Waals surface area contributed by atoms with Crippen molar-refractivity contribution >= 4 is 17.6 Å². The molecule has 2 rings (SSSR count). The van der Waals surface area contributed by atoms with Gasteiger partial charge in [0.15, 0.2) is 5.84 Å². The molecular weight excluding hydrogens is 124 g/mol. The van der Waals surface area contributed by atoms with Crippen molar-refractivity contribution < 1.29 is 0 Å². The van der Waals surface area contributed by atoms with Gasteiger partial charge in [-0.3, -0.25) is 0 Å². The van der Waals surface area contributed by atoms with E-state index in [-0.39, 0.29) is 0 Å². The van der Waals surface area contributed by atoms with Gasteiger partial charge in [0.2, 0.25) is 0 Å². The summed E-state index contributed by atoms with van der Waals surface area (Å²) in [5.74, 6) is 1.82. The zero-order chi connectivity index (χ0) is 5.56. The Morgan fingerprint density at radius 2 is 2.25 bits per heavy atom. The monoisotopic (exact) mass is 130 g/mol.